The zero-order valence-electron chi connectivity index (χ0n) is 25.1. The number of nitrogens with zero attached hydrogens (tertiary/aromatic N) is 3. The molecule has 0 aliphatic heterocycles. The summed E-state index contributed by atoms with van der Waals surface area (Å²) in [5.74, 6) is -2.04. The van der Waals surface area contributed by atoms with Gasteiger partial charge >= 0.3 is 17.8 Å². The van der Waals surface area contributed by atoms with Crippen molar-refractivity contribution in [2.75, 3.05) is 31.8 Å². The molecule has 16 heteroatoms. The van der Waals surface area contributed by atoms with Crippen molar-refractivity contribution in [3.8, 4) is 17.2 Å². The zero-order chi connectivity index (χ0) is 33.8. The lowest BCUT2D eigenvalue weighted by atomic mass is 10.0. The molecule has 0 saturated carbocycles. The molecule has 1 aromatic heterocycles. The lowest BCUT2D eigenvalue weighted by Gasteiger charge is -2.22. The first-order valence-electron chi connectivity index (χ1n) is 13.6. The number of carbonyl (C=O) groups excluding carboxylic acids is 2. The van der Waals surface area contributed by atoms with Crippen LogP contribution in [0.3, 0.4) is 0 Å². The number of alkyl halides is 3. The maximum Gasteiger partial charge on any atom is 0.471 e. The van der Waals surface area contributed by atoms with E-state index in [-0.39, 0.29) is 40.4 Å². The number of methoxy groups -OCH3 is 1. The number of nitrogen functional groups attached to an aromatic ring is 1. The molecule has 0 radical (unpaired) electrons. The average molecular weight is 641 g/mol. The molecule has 3 aromatic carbocycles. The first-order valence-corrected chi connectivity index (χ1v) is 13.6. The number of aromatic nitrogens is 3. The Morgan fingerprint density at radius 1 is 1.07 bits per heavy atom. The van der Waals surface area contributed by atoms with E-state index in [0.29, 0.717) is 16.8 Å². The van der Waals surface area contributed by atoms with E-state index in [1.165, 1.54) is 36.3 Å². The predicted molar refractivity (Wildman–Crippen MR) is 164 cm³/mol. The lowest BCUT2D eigenvalue weighted by Crippen LogP contribution is -2.35. The fourth-order valence-corrected chi connectivity index (χ4v) is 4.38. The van der Waals surface area contributed by atoms with Crippen LogP contribution in [0.4, 0.5) is 24.5 Å². The van der Waals surface area contributed by atoms with E-state index < -0.39 is 29.9 Å². The number of rotatable bonds is 11. The van der Waals surface area contributed by atoms with Crippen molar-refractivity contribution in [1.82, 2.24) is 19.7 Å². The third kappa shape index (κ3) is 7.46. The number of benzene rings is 3. The van der Waals surface area contributed by atoms with Gasteiger partial charge in [-0.15, -0.1) is 5.10 Å². The van der Waals surface area contributed by atoms with Gasteiger partial charge in [-0.2, -0.15) is 17.9 Å². The molecule has 0 saturated heterocycles. The van der Waals surface area contributed by atoms with Crippen molar-refractivity contribution >= 4 is 29.0 Å². The van der Waals surface area contributed by atoms with Crippen LogP contribution in [0.15, 0.2) is 71.5 Å². The van der Waals surface area contributed by atoms with Gasteiger partial charge in [0.15, 0.2) is 23.4 Å². The molecular formula is C30H31F3N8O5. The Morgan fingerprint density at radius 3 is 2.35 bits per heavy atom. The van der Waals surface area contributed by atoms with Crippen molar-refractivity contribution in [1.29, 1.82) is 5.41 Å². The molecule has 242 valence electrons. The Balaban J connectivity index is 1.78. The molecule has 2 amide bonds. The molecular weight excluding hydrogens is 609 g/mol. The molecule has 13 nitrogen and oxygen atoms in total. The number of hydrogen-bond acceptors (Lipinski definition) is 8. The average Bonchev–Trinajstić information content (AvgIpc) is 3.40. The number of amidine groups is 1. The van der Waals surface area contributed by atoms with Crippen LogP contribution in [0.5, 0.6) is 11.5 Å². The van der Waals surface area contributed by atoms with Crippen molar-refractivity contribution in [3.63, 3.8) is 0 Å². The van der Waals surface area contributed by atoms with Crippen molar-refractivity contribution in [3.05, 3.63) is 94.2 Å². The van der Waals surface area contributed by atoms with Gasteiger partial charge in [0.05, 0.1) is 18.5 Å². The number of anilines is 2. The molecule has 4 aromatic rings. The van der Waals surface area contributed by atoms with Crippen LogP contribution in [0.2, 0.25) is 0 Å². The topological polar surface area (TPSA) is 180 Å². The van der Waals surface area contributed by atoms with Gasteiger partial charge < -0.3 is 30.7 Å². The molecule has 0 spiro atoms. The van der Waals surface area contributed by atoms with Crippen LogP contribution in [0.1, 0.15) is 29.9 Å². The van der Waals surface area contributed by atoms with E-state index in [2.05, 4.69) is 15.4 Å². The first-order chi connectivity index (χ1) is 21.7. The first kappa shape index (κ1) is 33.1. The van der Waals surface area contributed by atoms with E-state index >= 15 is 0 Å². The van der Waals surface area contributed by atoms with Crippen LogP contribution >= 0.6 is 0 Å². The summed E-state index contributed by atoms with van der Waals surface area (Å²) in [5.41, 5.74) is 5.88. The number of aromatic amines is 1. The van der Waals surface area contributed by atoms with E-state index in [1.54, 1.807) is 68.8 Å². The van der Waals surface area contributed by atoms with Crippen molar-refractivity contribution < 1.29 is 32.2 Å². The summed E-state index contributed by atoms with van der Waals surface area (Å²) >= 11 is 0. The monoisotopic (exact) mass is 640 g/mol. The highest BCUT2D eigenvalue weighted by atomic mass is 19.4. The number of carbonyl (C=O) groups is 2. The highest BCUT2D eigenvalue weighted by Gasteiger charge is 2.39. The Morgan fingerprint density at radius 2 is 1.74 bits per heavy atom. The number of ether oxygens (including phenoxy) is 2. The molecule has 0 fully saturated rings. The zero-order valence-corrected chi connectivity index (χ0v) is 25.1. The van der Waals surface area contributed by atoms with Crippen molar-refractivity contribution in [2.45, 2.75) is 25.2 Å². The maximum atomic E-state index is 13.2. The normalized spacial score (nSPS) is 12.5. The molecule has 0 aliphatic rings. The number of halogens is 3. The summed E-state index contributed by atoms with van der Waals surface area (Å²) in [6.07, 6.45) is -5.98. The fourth-order valence-electron chi connectivity index (χ4n) is 4.38. The number of H-pyrrole nitrogens is 1. The standard InChI is InChI=1S/C30H31F3N8O5/c1-16(27(42)40(2)3)46-22-14-11-18(15-23(22)45-4)24(36-19-12-9-17(10-13-19)25(34)35)26-38-29(44)41(39-26)21-8-6-5-7-20(21)37-28(43)30(31,32)33/h5-16,24,36H,1-4H3,(H3,34,35)(H,37,43)(H,38,39,44). The van der Waals surface area contributed by atoms with E-state index in [4.69, 9.17) is 20.6 Å². The largest absolute Gasteiger partial charge is 0.493 e. The Kier molecular flexibility index (Phi) is 9.68. The molecule has 6 N–H and O–H groups in total. The third-order valence-electron chi connectivity index (χ3n) is 6.67. The molecule has 1 heterocycles. The lowest BCUT2D eigenvalue weighted by molar-refractivity contribution is -0.167. The Bertz CT molecular complexity index is 1800. The van der Waals surface area contributed by atoms with Gasteiger partial charge in [0.25, 0.3) is 5.91 Å². The second-order valence-electron chi connectivity index (χ2n) is 10.2. The molecule has 2 unspecified atom stereocenters. The van der Waals surface area contributed by atoms with Crippen LogP contribution in [0, 0.1) is 5.41 Å². The van der Waals surface area contributed by atoms with Gasteiger partial charge in [-0.25, -0.2) is 4.79 Å². The van der Waals surface area contributed by atoms with Gasteiger partial charge in [-0.05, 0) is 61.0 Å². The minimum Gasteiger partial charge on any atom is -0.493 e. The number of hydrogen-bond donors (Lipinski definition) is 5. The summed E-state index contributed by atoms with van der Waals surface area (Å²) in [4.78, 5) is 41.2. The number of nitrogens with two attached hydrogens (primary N) is 1. The quantitative estimate of drug-likeness (QED) is 0.122. The number of likely N-dealkylation sites (N-methyl/N-ethyl adjacent to an activating group) is 1. The van der Waals surface area contributed by atoms with Gasteiger partial charge in [-0.1, -0.05) is 18.2 Å². The van der Waals surface area contributed by atoms with E-state index in [9.17, 15) is 27.6 Å². The predicted octanol–water partition coefficient (Wildman–Crippen LogP) is 3.41. The van der Waals surface area contributed by atoms with E-state index in [0.717, 1.165) is 4.68 Å². The number of para-hydroxylation sites is 2. The molecule has 0 aliphatic carbocycles. The summed E-state index contributed by atoms with van der Waals surface area (Å²) < 4.78 is 51.2. The molecule has 2 atom stereocenters. The van der Waals surface area contributed by atoms with Gasteiger partial charge in [-0.3, -0.25) is 20.0 Å². The molecule has 4 rings (SSSR count). The Hall–Kier alpha value is -5.80. The van der Waals surface area contributed by atoms with Gasteiger partial charge in [0.1, 0.15) is 11.9 Å². The summed E-state index contributed by atoms with van der Waals surface area (Å²) in [6.45, 7) is 1.59. The number of nitrogens with one attached hydrogen (secondary N) is 4. The van der Waals surface area contributed by atoms with Gasteiger partial charge in [0.2, 0.25) is 0 Å². The maximum absolute atomic E-state index is 13.2. The van der Waals surface area contributed by atoms with Crippen LogP contribution in [0.25, 0.3) is 5.69 Å². The second-order valence-corrected chi connectivity index (χ2v) is 10.2. The minimum atomic E-state index is -5.16. The fraction of sp³-hybridized carbons (Fsp3) is 0.233. The molecule has 0 bridgehead atoms. The SMILES string of the molecule is COc1cc(C(Nc2ccc(C(=N)N)cc2)c2nn(-c3ccccc3NC(=O)C(F)(F)F)c(=O)[nH]2)ccc1OC(C)C(=O)N(C)C. The third-order valence-corrected chi connectivity index (χ3v) is 6.67. The molecule has 46 heavy (non-hydrogen) atoms. The highest BCUT2D eigenvalue weighted by Crippen LogP contribution is 2.34. The van der Waals surface area contributed by atoms with Crippen molar-refractivity contribution in [2.24, 2.45) is 5.73 Å². The summed E-state index contributed by atoms with van der Waals surface area (Å²) in [7, 11) is 4.62. The Labute approximate surface area is 260 Å². The smallest absolute Gasteiger partial charge is 0.471 e. The van der Waals surface area contributed by atoms with Crippen LogP contribution in [-0.2, 0) is 9.59 Å². The summed E-state index contributed by atoms with van der Waals surface area (Å²) in [5, 5.41) is 17.0. The van der Waals surface area contributed by atoms with Crippen LogP contribution < -0.4 is 31.5 Å². The highest BCUT2D eigenvalue weighted by molar-refractivity contribution is 5.96. The second kappa shape index (κ2) is 13.5. The number of amides is 2. The van der Waals surface area contributed by atoms with E-state index in [1.807, 2.05) is 0 Å². The van der Waals surface area contributed by atoms with Gasteiger partial charge in [0, 0.05) is 25.3 Å². The summed E-state index contributed by atoms with van der Waals surface area (Å²) in [6, 6.07) is 15.9. The minimum absolute atomic E-state index is 0.0458. The van der Waals surface area contributed by atoms with Crippen LogP contribution in [-0.4, -0.2) is 70.8 Å².